The maximum absolute atomic E-state index is 13.8. The van der Waals surface area contributed by atoms with E-state index in [4.69, 9.17) is 0 Å². The molecule has 0 saturated carbocycles. The fourth-order valence-electron chi connectivity index (χ4n) is 2.96. The monoisotopic (exact) mass is 274 g/mol. The van der Waals surface area contributed by atoms with Gasteiger partial charge in [0, 0.05) is 18.7 Å². The van der Waals surface area contributed by atoms with Crippen LogP contribution in [0.4, 0.5) is 4.39 Å². The first kappa shape index (κ1) is 13.3. The van der Waals surface area contributed by atoms with Crippen LogP contribution in [0.2, 0.25) is 0 Å². The highest BCUT2D eigenvalue weighted by Gasteiger charge is 2.38. The molecule has 0 fully saturated rings. The summed E-state index contributed by atoms with van der Waals surface area (Å²) in [5.74, 6) is -0.217. The summed E-state index contributed by atoms with van der Waals surface area (Å²) in [4.78, 5) is 0. The van der Waals surface area contributed by atoms with E-state index in [1.807, 2.05) is 23.0 Å². The van der Waals surface area contributed by atoms with Crippen LogP contribution in [0.25, 0.3) is 0 Å². The lowest BCUT2D eigenvalue weighted by Crippen LogP contribution is -2.25. The Morgan fingerprint density at radius 1 is 1.40 bits per heavy atom. The summed E-state index contributed by atoms with van der Waals surface area (Å²) < 4.78 is 15.6. The molecule has 0 bridgehead atoms. The molecule has 0 aliphatic heterocycles. The number of halogens is 1. The number of hydrogen-bond acceptors (Lipinski definition) is 2. The van der Waals surface area contributed by atoms with Crippen molar-refractivity contribution in [2.24, 2.45) is 0 Å². The van der Waals surface area contributed by atoms with E-state index in [1.165, 1.54) is 6.07 Å². The first-order valence-corrected chi connectivity index (χ1v) is 7.04. The van der Waals surface area contributed by atoms with Gasteiger partial charge in [-0.05, 0) is 49.9 Å². The van der Waals surface area contributed by atoms with Gasteiger partial charge in [0.25, 0.3) is 0 Å². The molecule has 0 radical (unpaired) electrons. The van der Waals surface area contributed by atoms with Gasteiger partial charge >= 0.3 is 0 Å². The predicted octanol–water partition coefficient (Wildman–Crippen LogP) is 2.98. The van der Waals surface area contributed by atoms with Crippen LogP contribution in [-0.4, -0.2) is 14.9 Å². The third-order valence-corrected chi connectivity index (χ3v) is 4.08. The van der Waals surface area contributed by atoms with Gasteiger partial charge < -0.3 is 5.11 Å². The second kappa shape index (κ2) is 4.70. The number of aliphatic hydroxyl groups is 1. The summed E-state index contributed by atoms with van der Waals surface area (Å²) in [7, 11) is 0. The largest absolute Gasteiger partial charge is 0.385 e. The molecule has 1 N–H and O–H groups in total. The Bertz CT molecular complexity index is 635. The molecule has 3 rings (SSSR count). The van der Waals surface area contributed by atoms with Gasteiger partial charge in [0.1, 0.15) is 5.82 Å². The SMILES string of the molecule is CC(C)n1ccc(CC2(O)CCc3c(F)cccc32)n1. The van der Waals surface area contributed by atoms with E-state index in [9.17, 15) is 9.50 Å². The summed E-state index contributed by atoms with van der Waals surface area (Å²) >= 11 is 0. The summed E-state index contributed by atoms with van der Waals surface area (Å²) in [6.45, 7) is 4.12. The zero-order valence-corrected chi connectivity index (χ0v) is 11.8. The minimum atomic E-state index is -0.992. The molecule has 1 heterocycles. The van der Waals surface area contributed by atoms with Crippen molar-refractivity contribution >= 4 is 0 Å². The molecule has 1 aromatic heterocycles. The molecule has 1 aliphatic carbocycles. The van der Waals surface area contributed by atoms with E-state index >= 15 is 0 Å². The van der Waals surface area contributed by atoms with Crippen LogP contribution in [0.1, 0.15) is 43.1 Å². The molecule has 20 heavy (non-hydrogen) atoms. The third-order valence-electron chi connectivity index (χ3n) is 4.08. The quantitative estimate of drug-likeness (QED) is 0.934. The molecule has 0 saturated heterocycles. The molecule has 1 aliphatic rings. The second-order valence-corrected chi connectivity index (χ2v) is 5.86. The topological polar surface area (TPSA) is 38.0 Å². The van der Waals surface area contributed by atoms with Crippen molar-refractivity contribution in [3.63, 3.8) is 0 Å². The Kier molecular flexibility index (Phi) is 3.13. The third kappa shape index (κ3) is 2.14. The average Bonchev–Trinajstić information content (AvgIpc) is 2.97. The first-order chi connectivity index (χ1) is 9.49. The smallest absolute Gasteiger partial charge is 0.126 e. The van der Waals surface area contributed by atoms with E-state index in [-0.39, 0.29) is 5.82 Å². The number of benzene rings is 1. The highest BCUT2D eigenvalue weighted by atomic mass is 19.1. The van der Waals surface area contributed by atoms with Gasteiger partial charge in [-0.15, -0.1) is 0 Å². The number of nitrogens with zero attached hydrogens (tertiary/aromatic N) is 2. The molecular weight excluding hydrogens is 255 g/mol. The van der Waals surface area contributed by atoms with Crippen molar-refractivity contribution in [1.29, 1.82) is 0 Å². The fourth-order valence-corrected chi connectivity index (χ4v) is 2.96. The molecular formula is C16H19FN2O. The number of rotatable bonds is 3. The van der Waals surface area contributed by atoms with Crippen LogP contribution in [0.5, 0.6) is 0 Å². The van der Waals surface area contributed by atoms with Crippen LogP contribution in [-0.2, 0) is 18.4 Å². The Morgan fingerprint density at radius 3 is 2.90 bits per heavy atom. The highest BCUT2D eigenvalue weighted by molar-refractivity contribution is 5.39. The summed E-state index contributed by atoms with van der Waals surface area (Å²) in [6.07, 6.45) is 3.50. The lowest BCUT2D eigenvalue weighted by atomic mass is 9.91. The Hall–Kier alpha value is -1.68. The first-order valence-electron chi connectivity index (χ1n) is 7.04. The van der Waals surface area contributed by atoms with E-state index in [2.05, 4.69) is 18.9 Å². The molecule has 1 atom stereocenters. The van der Waals surface area contributed by atoms with Crippen LogP contribution in [0, 0.1) is 5.82 Å². The normalized spacial score (nSPS) is 21.4. The van der Waals surface area contributed by atoms with Gasteiger partial charge in [-0.25, -0.2) is 4.39 Å². The Morgan fingerprint density at radius 2 is 2.20 bits per heavy atom. The zero-order chi connectivity index (χ0) is 14.3. The number of aromatic nitrogens is 2. The van der Waals surface area contributed by atoms with Crippen molar-refractivity contribution in [3.8, 4) is 0 Å². The van der Waals surface area contributed by atoms with Gasteiger partial charge in [0.2, 0.25) is 0 Å². The van der Waals surface area contributed by atoms with Gasteiger partial charge in [-0.1, -0.05) is 12.1 Å². The van der Waals surface area contributed by atoms with Crippen molar-refractivity contribution in [2.45, 2.75) is 44.8 Å². The van der Waals surface area contributed by atoms with Gasteiger partial charge in [-0.3, -0.25) is 4.68 Å². The maximum Gasteiger partial charge on any atom is 0.126 e. The molecule has 4 heteroatoms. The zero-order valence-electron chi connectivity index (χ0n) is 11.8. The Balaban J connectivity index is 1.90. The number of fused-ring (bicyclic) bond motifs is 1. The minimum Gasteiger partial charge on any atom is -0.385 e. The predicted molar refractivity (Wildman–Crippen MR) is 74.9 cm³/mol. The lowest BCUT2D eigenvalue weighted by Gasteiger charge is -2.23. The molecule has 0 spiro atoms. The van der Waals surface area contributed by atoms with E-state index < -0.39 is 5.60 Å². The van der Waals surface area contributed by atoms with Crippen molar-refractivity contribution < 1.29 is 9.50 Å². The van der Waals surface area contributed by atoms with E-state index in [0.717, 1.165) is 11.3 Å². The fraction of sp³-hybridized carbons (Fsp3) is 0.438. The van der Waals surface area contributed by atoms with E-state index in [1.54, 1.807) is 6.07 Å². The molecule has 1 unspecified atom stereocenters. The van der Waals surface area contributed by atoms with Crippen molar-refractivity contribution in [1.82, 2.24) is 9.78 Å². The standard InChI is InChI=1S/C16H19FN2O/c1-11(2)19-9-7-12(18-19)10-16(20)8-6-13-14(16)4-3-5-15(13)17/h3-5,7,9,11,20H,6,8,10H2,1-2H3. The van der Waals surface area contributed by atoms with Crippen LogP contribution < -0.4 is 0 Å². The molecule has 0 amide bonds. The number of hydrogen-bond donors (Lipinski definition) is 1. The summed E-state index contributed by atoms with van der Waals surface area (Å²) in [5, 5.41) is 15.3. The van der Waals surface area contributed by atoms with Crippen LogP contribution in [0.3, 0.4) is 0 Å². The molecule has 1 aromatic carbocycles. The van der Waals surface area contributed by atoms with Crippen LogP contribution >= 0.6 is 0 Å². The molecule has 3 nitrogen and oxygen atoms in total. The summed E-state index contributed by atoms with van der Waals surface area (Å²) in [5.41, 5.74) is 1.22. The van der Waals surface area contributed by atoms with Crippen LogP contribution in [0.15, 0.2) is 30.5 Å². The lowest BCUT2D eigenvalue weighted by molar-refractivity contribution is 0.0378. The van der Waals surface area contributed by atoms with Crippen molar-refractivity contribution in [3.05, 3.63) is 53.1 Å². The molecule has 2 aromatic rings. The van der Waals surface area contributed by atoms with Gasteiger partial charge in [-0.2, -0.15) is 5.10 Å². The molecule has 106 valence electrons. The highest BCUT2D eigenvalue weighted by Crippen LogP contribution is 2.40. The van der Waals surface area contributed by atoms with E-state index in [0.29, 0.717) is 30.9 Å². The minimum absolute atomic E-state index is 0.217. The van der Waals surface area contributed by atoms with Crippen molar-refractivity contribution in [2.75, 3.05) is 0 Å². The van der Waals surface area contributed by atoms with Gasteiger partial charge in [0.15, 0.2) is 0 Å². The maximum atomic E-state index is 13.8. The van der Waals surface area contributed by atoms with Gasteiger partial charge in [0.05, 0.1) is 11.3 Å². The average molecular weight is 274 g/mol. The second-order valence-electron chi connectivity index (χ2n) is 5.86. The summed E-state index contributed by atoms with van der Waals surface area (Å²) in [6, 6.07) is 7.17. The Labute approximate surface area is 118 Å².